The van der Waals surface area contributed by atoms with Crippen LogP contribution in [0.1, 0.15) is 22.5 Å². The van der Waals surface area contributed by atoms with Crippen molar-refractivity contribution in [2.45, 2.75) is 20.8 Å². The number of aryl methyl sites for hydroxylation is 3. The Hall–Kier alpha value is -2.50. The molecule has 2 aromatic rings. The van der Waals surface area contributed by atoms with Gasteiger partial charge in [-0.2, -0.15) is 5.10 Å². The number of nitrogens with two attached hydrogens (primary N) is 1. The molecule has 3 N–H and O–H groups in total. The minimum atomic E-state index is 0.0859. The molecule has 1 aromatic heterocycles. The summed E-state index contributed by atoms with van der Waals surface area (Å²) in [5.74, 6) is 1.53. The van der Waals surface area contributed by atoms with Gasteiger partial charge in [0.05, 0.1) is 5.69 Å². The highest BCUT2D eigenvalue weighted by Crippen LogP contribution is 2.29. The van der Waals surface area contributed by atoms with Crippen molar-refractivity contribution in [3.05, 3.63) is 40.7 Å². The van der Waals surface area contributed by atoms with Crippen LogP contribution in [0.3, 0.4) is 0 Å². The highest BCUT2D eigenvalue weighted by molar-refractivity contribution is 5.98. The summed E-state index contributed by atoms with van der Waals surface area (Å²) in [5.41, 5.74) is 8.94. The third-order valence-electron chi connectivity index (χ3n) is 3.24. The van der Waals surface area contributed by atoms with E-state index >= 15 is 0 Å². The average molecular weight is 274 g/mol. The molecule has 106 valence electrons. The van der Waals surface area contributed by atoms with Gasteiger partial charge in [0.2, 0.25) is 0 Å². The van der Waals surface area contributed by atoms with Crippen LogP contribution in [-0.4, -0.2) is 20.8 Å². The predicted octanol–water partition coefficient (Wildman–Crippen LogP) is 2.23. The van der Waals surface area contributed by atoms with Crippen molar-refractivity contribution in [1.82, 2.24) is 9.78 Å². The molecule has 6 heteroatoms. The van der Waals surface area contributed by atoms with Gasteiger partial charge in [-0.3, -0.25) is 4.68 Å². The molecule has 0 aliphatic heterocycles. The van der Waals surface area contributed by atoms with Crippen LogP contribution in [0.4, 0.5) is 0 Å². The number of ether oxygens (including phenoxy) is 1. The Morgan fingerprint density at radius 3 is 2.55 bits per heavy atom. The number of hydrogen-bond acceptors (Lipinski definition) is 4. The molecule has 0 fully saturated rings. The fourth-order valence-corrected chi connectivity index (χ4v) is 2.06. The molecule has 1 heterocycles. The third kappa shape index (κ3) is 2.45. The highest BCUT2D eigenvalue weighted by Gasteiger charge is 2.12. The molecule has 6 nitrogen and oxygen atoms in total. The van der Waals surface area contributed by atoms with E-state index in [0.29, 0.717) is 11.3 Å². The molecule has 0 atom stereocenters. The van der Waals surface area contributed by atoms with E-state index in [-0.39, 0.29) is 5.84 Å². The lowest BCUT2D eigenvalue weighted by molar-refractivity contribution is 0.318. The minimum Gasteiger partial charge on any atom is -0.453 e. The number of benzene rings is 1. The standard InChI is InChI=1S/C14H18N4O2/c1-8-7-11(5-6-12(8)14(15)17-19)20-13-9(2)16-18(4)10(13)3/h5-7,19H,1-4H3,(H2,15,17). The van der Waals surface area contributed by atoms with Crippen molar-refractivity contribution >= 4 is 5.84 Å². The van der Waals surface area contributed by atoms with Crippen molar-refractivity contribution in [3.63, 3.8) is 0 Å². The summed E-state index contributed by atoms with van der Waals surface area (Å²) in [6.07, 6.45) is 0. The lowest BCUT2D eigenvalue weighted by Crippen LogP contribution is -2.14. The van der Waals surface area contributed by atoms with Gasteiger partial charge in [0.1, 0.15) is 11.4 Å². The monoisotopic (exact) mass is 274 g/mol. The lowest BCUT2D eigenvalue weighted by atomic mass is 10.1. The largest absolute Gasteiger partial charge is 0.453 e. The van der Waals surface area contributed by atoms with Crippen LogP contribution in [0.5, 0.6) is 11.5 Å². The van der Waals surface area contributed by atoms with E-state index in [1.807, 2.05) is 33.9 Å². The molecule has 0 amide bonds. The maximum atomic E-state index is 8.71. The van der Waals surface area contributed by atoms with E-state index in [1.54, 1.807) is 16.8 Å². The smallest absolute Gasteiger partial charge is 0.171 e. The maximum Gasteiger partial charge on any atom is 0.171 e. The summed E-state index contributed by atoms with van der Waals surface area (Å²) in [6, 6.07) is 5.40. The average Bonchev–Trinajstić information content (AvgIpc) is 2.65. The molecular formula is C14H18N4O2. The van der Waals surface area contributed by atoms with E-state index in [1.165, 1.54) is 0 Å². The molecule has 0 unspecified atom stereocenters. The zero-order valence-electron chi connectivity index (χ0n) is 12.0. The molecule has 0 spiro atoms. The molecule has 0 radical (unpaired) electrons. The Kier molecular flexibility index (Phi) is 3.65. The summed E-state index contributed by atoms with van der Waals surface area (Å²) >= 11 is 0. The van der Waals surface area contributed by atoms with Crippen LogP contribution in [0, 0.1) is 20.8 Å². The Morgan fingerprint density at radius 2 is 2.05 bits per heavy atom. The van der Waals surface area contributed by atoms with Gasteiger partial charge in [0, 0.05) is 12.6 Å². The van der Waals surface area contributed by atoms with Gasteiger partial charge in [0.15, 0.2) is 11.6 Å². The first-order valence-electron chi connectivity index (χ1n) is 6.20. The first kappa shape index (κ1) is 13.9. The van der Waals surface area contributed by atoms with Crippen molar-refractivity contribution in [2.75, 3.05) is 0 Å². The third-order valence-corrected chi connectivity index (χ3v) is 3.24. The molecule has 0 bridgehead atoms. The Labute approximate surface area is 117 Å². The van der Waals surface area contributed by atoms with Crippen LogP contribution in [0.2, 0.25) is 0 Å². The zero-order valence-corrected chi connectivity index (χ0v) is 12.0. The fourth-order valence-electron chi connectivity index (χ4n) is 2.06. The van der Waals surface area contributed by atoms with Gasteiger partial charge < -0.3 is 15.7 Å². The second-order valence-electron chi connectivity index (χ2n) is 4.69. The van der Waals surface area contributed by atoms with Gasteiger partial charge >= 0.3 is 0 Å². The van der Waals surface area contributed by atoms with Crippen molar-refractivity contribution < 1.29 is 9.94 Å². The number of rotatable bonds is 3. The number of oxime groups is 1. The molecule has 1 aromatic carbocycles. The molecule has 0 saturated carbocycles. The van der Waals surface area contributed by atoms with Gasteiger partial charge in [-0.1, -0.05) is 5.16 Å². The fraction of sp³-hybridized carbons (Fsp3) is 0.286. The lowest BCUT2D eigenvalue weighted by Gasteiger charge is -2.09. The van der Waals surface area contributed by atoms with Crippen molar-refractivity contribution in [2.24, 2.45) is 17.9 Å². The van der Waals surface area contributed by atoms with E-state index in [0.717, 1.165) is 22.7 Å². The van der Waals surface area contributed by atoms with Crippen molar-refractivity contribution in [3.8, 4) is 11.5 Å². The maximum absolute atomic E-state index is 8.71. The van der Waals surface area contributed by atoms with Gasteiger partial charge in [-0.05, 0) is 44.5 Å². The van der Waals surface area contributed by atoms with E-state index < -0.39 is 0 Å². The summed E-state index contributed by atoms with van der Waals surface area (Å²) in [4.78, 5) is 0. The molecule has 0 aliphatic carbocycles. The molecular weight excluding hydrogens is 256 g/mol. The van der Waals surface area contributed by atoms with Gasteiger partial charge in [-0.15, -0.1) is 0 Å². The first-order chi connectivity index (χ1) is 9.43. The second kappa shape index (κ2) is 5.24. The van der Waals surface area contributed by atoms with Crippen LogP contribution in [0.15, 0.2) is 23.4 Å². The molecule has 0 saturated heterocycles. The Bertz CT molecular complexity index is 674. The molecule has 2 rings (SSSR count). The highest BCUT2D eigenvalue weighted by atomic mass is 16.5. The van der Waals surface area contributed by atoms with Crippen LogP contribution in [-0.2, 0) is 7.05 Å². The number of nitrogens with zero attached hydrogens (tertiary/aromatic N) is 3. The summed E-state index contributed by atoms with van der Waals surface area (Å²) in [6.45, 7) is 5.73. The summed E-state index contributed by atoms with van der Waals surface area (Å²) in [5, 5.41) is 16.0. The SMILES string of the molecule is Cc1cc(Oc2c(C)nn(C)c2C)ccc1/C(N)=N/O. The van der Waals surface area contributed by atoms with E-state index in [9.17, 15) is 0 Å². The normalized spacial score (nSPS) is 11.7. The zero-order chi connectivity index (χ0) is 14.9. The minimum absolute atomic E-state index is 0.0859. The number of amidine groups is 1. The Balaban J connectivity index is 2.34. The van der Waals surface area contributed by atoms with Crippen LogP contribution >= 0.6 is 0 Å². The topological polar surface area (TPSA) is 85.7 Å². The van der Waals surface area contributed by atoms with E-state index in [4.69, 9.17) is 15.7 Å². The van der Waals surface area contributed by atoms with Gasteiger partial charge in [0.25, 0.3) is 0 Å². The quantitative estimate of drug-likeness (QED) is 0.389. The predicted molar refractivity (Wildman–Crippen MR) is 76.4 cm³/mol. The van der Waals surface area contributed by atoms with Crippen LogP contribution < -0.4 is 10.5 Å². The summed E-state index contributed by atoms with van der Waals surface area (Å²) in [7, 11) is 1.88. The Morgan fingerprint density at radius 1 is 1.35 bits per heavy atom. The molecule has 20 heavy (non-hydrogen) atoms. The van der Waals surface area contributed by atoms with Crippen LogP contribution in [0.25, 0.3) is 0 Å². The van der Waals surface area contributed by atoms with E-state index in [2.05, 4.69) is 10.3 Å². The number of aromatic nitrogens is 2. The second-order valence-corrected chi connectivity index (χ2v) is 4.69. The molecule has 0 aliphatic rings. The van der Waals surface area contributed by atoms with Crippen molar-refractivity contribution in [1.29, 1.82) is 0 Å². The summed E-state index contributed by atoms with van der Waals surface area (Å²) < 4.78 is 7.66. The number of hydrogen-bond donors (Lipinski definition) is 2. The van der Waals surface area contributed by atoms with Gasteiger partial charge in [-0.25, -0.2) is 0 Å². The first-order valence-corrected chi connectivity index (χ1v) is 6.20.